The van der Waals surface area contributed by atoms with Gasteiger partial charge in [0.2, 0.25) is 0 Å². The van der Waals surface area contributed by atoms with Crippen molar-refractivity contribution in [2.24, 2.45) is 7.05 Å². The molecule has 3 aromatic rings. The number of nitrogens with one attached hydrogen (secondary N) is 2. The Balaban J connectivity index is 1.85. The van der Waals surface area contributed by atoms with Crippen LogP contribution in [0.4, 0.5) is 14.9 Å². The fourth-order valence-electron chi connectivity index (χ4n) is 2.60. The number of carbonyl (C=O) groups excluding carboxylic acids is 1. The van der Waals surface area contributed by atoms with Gasteiger partial charge in [0.15, 0.2) is 0 Å². The fourth-order valence-corrected chi connectivity index (χ4v) is 2.60. The van der Waals surface area contributed by atoms with E-state index in [-0.39, 0.29) is 5.69 Å². The van der Waals surface area contributed by atoms with Crippen molar-refractivity contribution in [1.29, 1.82) is 0 Å². The third-order valence-electron chi connectivity index (χ3n) is 3.96. The zero-order chi connectivity index (χ0) is 18.5. The van der Waals surface area contributed by atoms with E-state index in [4.69, 9.17) is 4.74 Å². The van der Waals surface area contributed by atoms with Crippen LogP contribution in [0.15, 0.2) is 60.9 Å². The van der Waals surface area contributed by atoms with Gasteiger partial charge in [0.1, 0.15) is 23.4 Å². The van der Waals surface area contributed by atoms with Crippen molar-refractivity contribution in [3.05, 3.63) is 78.1 Å². The highest BCUT2D eigenvalue weighted by molar-refractivity contribution is 5.89. The second kappa shape index (κ2) is 7.69. The van der Waals surface area contributed by atoms with Gasteiger partial charge in [0.25, 0.3) is 0 Å². The predicted molar refractivity (Wildman–Crippen MR) is 96.6 cm³/mol. The van der Waals surface area contributed by atoms with Crippen LogP contribution < -0.4 is 15.4 Å². The molecule has 7 heteroatoms. The van der Waals surface area contributed by atoms with Gasteiger partial charge >= 0.3 is 6.03 Å². The number of methoxy groups -OCH3 is 1. The van der Waals surface area contributed by atoms with Crippen LogP contribution in [0.25, 0.3) is 0 Å². The normalized spacial score (nSPS) is 11.7. The van der Waals surface area contributed by atoms with E-state index < -0.39 is 17.9 Å². The minimum Gasteiger partial charge on any atom is -0.497 e. The van der Waals surface area contributed by atoms with Gasteiger partial charge in [-0.3, -0.25) is 0 Å². The average molecular weight is 354 g/mol. The average Bonchev–Trinajstić information content (AvgIpc) is 3.07. The first-order valence-corrected chi connectivity index (χ1v) is 8.01. The van der Waals surface area contributed by atoms with Crippen LogP contribution in [-0.4, -0.2) is 22.7 Å². The SMILES string of the molecule is COc1ccc([C@H](NC(=O)Nc2ccccc2F)c2nccn2C)cc1. The number of anilines is 1. The Labute approximate surface area is 150 Å². The Kier molecular flexibility index (Phi) is 5.17. The molecule has 2 N–H and O–H groups in total. The molecular weight excluding hydrogens is 335 g/mol. The summed E-state index contributed by atoms with van der Waals surface area (Å²) in [6.45, 7) is 0. The zero-order valence-corrected chi connectivity index (χ0v) is 14.4. The highest BCUT2D eigenvalue weighted by Gasteiger charge is 2.21. The van der Waals surface area contributed by atoms with Crippen molar-refractivity contribution in [2.45, 2.75) is 6.04 Å². The van der Waals surface area contributed by atoms with Crippen LogP contribution in [0.1, 0.15) is 17.4 Å². The minimum atomic E-state index is -0.529. The van der Waals surface area contributed by atoms with Crippen molar-refractivity contribution < 1.29 is 13.9 Å². The first-order valence-electron chi connectivity index (χ1n) is 8.01. The summed E-state index contributed by atoms with van der Waals surface area (Å²) < 4.78 is 20.8. The summed E-state index contributed by atoms with van der Waals surface area (Å²) in [5, 5.41) is 5.38. The summed E-state index contributed by atoms with van der Waals surface area (Å²) in [4.78, 5) is 16.8. The van der Waals surface area contributed by atoms with E-state index in [1.807, 2.05) is 35.9 Å². The predicted octanol–water partition coefficient (Wildman–Crippen LogP) is 3.48. The minimum absolute atomic E-state index is 0.110. The number of ether oxygens (including phenoxy) is 1. The molecule has 1 aromatic heterocycles. The molecule has 0 fully saturated rings. The second-order valence-electron chi connectivity index (χ2n) is 5.68. The molecule has 134 valence electrons. The molecule has 0 unspecified atom stereocenters. The van der Waals surface area contributed by atoms with E-state index in [0.717, 1.165) is 5.56 Å². The van der Waals surface area contributed by atoms with Gasteiger partial charge in [0.05, 0.1) is 12.8 Å². The van der Waals surface area contributed by atoms with Gasteiger partial charge in [-0.1, -0.05) is 24.3 Å². The summed E-state index contributed by atoms with van der Waals surface area (Å²) in [6, 6.07) is 12.3. The number of nitrogens with zero attached hydrogens (tertiary/aromatic N) is 2. The van der Waals surface area contributed by atoms with E-state index in [1.54, 1.807) is 31.6 Å². The molecule has 0 saturated heterocycles. The third kappa shape index (κ3) is 3.83. The number of carbonyl (C=O) groups is 1. The summed E-state index contributed by atoms with van der Waals surface area (Å²) in [5.74, 6) is 0.864. The summed E-state index contributed by atoms with van der Waals surface area (Å²) >= 11 is 0. The Morgan fingerprint density at radius 3 is 2.54 bits per heavy atom. The number of aryl methyl sites for hydroxylation is 1. The van der Waals surface area contributed by atoms with Gasteiger partial charge in [0, 0.05) is 19.4 Å². The van der Waals surface area contributed by atoms with Gasteiger partial charge in [-0.05, 0) is 29.8 Å². The van der Waals surface area contributed by atoms with Crippen molar-refractivity contribution >= 4 is 11.7 Å². The molecule has 2 amide bonds. The van der Waals surface area contributed by atoms with Crippen LogP contribution in [-0.2, 0) is 7.05 Å². The number of urea groups is 1. The Morgan fingerprint density at radius 2 is 1.92 bits per heavy atom. The lowest BCUT2D eigenvalue weighted by Crippen LogP contribution is -2.34. The molecule has 2 aromatic carbocycles. The van der Waals surface area contributed by atoms with Crippen molar-refractivity contribution in [3.8, 4) is 5.75 Å². The molecule has 0 aliphatic carbocycles. The first kappa shape index (κ1) is 17.5. The number of imidazole rings is 1. The number of rotatable bonds is 5. The van der Waals surface area contributed by atoms with E-state index in [0.29, 0.717) is 11.6 Å². The van der Waals surface area contributed by atoms with Crippen LogP contribution in [0.3, 0.4) is 0 Å². The molecule has 3 rings (SSSR count). The lowest BCUT2D eigenvalue weighted by atomic mass is 10.1. The van der Waals surface area contributed by atoms with E-state index in [9.17, 15) is 9.18 Å². The van der Waals surface area contributed by atoms with Gasteiger partial charge in [-0.25, -0.2) is 14.2 Å². The van der Waals surface area contributed by atoms with Crippen LogP contribution in [0, 0.1) is 5.82 Å². The Bertz CT molecular complexity index is 893. The summed E-state index contributed by atoms with van der Waals surface area (Å²) in [7, 11) is 3.43. The molecule has 26 heavy (non-hydrogen) atoms. The van der Waals surface area contributed by atoms with Gasteiger partial charge < -0.3 is 19.9 Å². The van der Waals surface area contributed by atoms with Crippen LogP contribution >= 0.6 is 0 Å². The first-order chi connectivity index (χ1) is 12.6. The molecule has 0 saturated carbocycles. The topological polar surface area (TPSA) is 68.2 Å². The van der Waals surface area contributed by atoms with E-state index >= 15 is 0 Å². The molecule has 1 atom stereocenters. The number of amides is 2. The Hall–Kier alpha value is -3.35. The van der Waals surface area contributed by atoms with Crippen LogP contribution in [0.5, 0.6) is 5.75 Å². The standard InChI is InChI=1S/C19H19FN4O2/c1-24-12-11-21-18(24)17(13-7-9-14(26-2)10-8-13)23-19(25)22-16-6-4-3-5-15(16)20/h3-12,17H,1-2H3,(H2,22,23,25)/t17-/m0/s1. The van der Waals surface area contributed by atoms with Gasteiger partial charge in [-0.2, -0.15) is 0 Å². The number of aromatic nitrogens is 2. The van der Waals surface area contributed by atoms with E-state index in [1.165, 1.54) is 12.1 Å². The molecule has 0 aliphatic rings. The summed E-state index contributed by atoms with van der Waals surface area (Å²) in [6.07, 6.45) is 3.45. The monoisotopic (exact) mass is 354 g/mol. The molecule has 1 heterocycles. The largest absolute Gasteiger partial charge is 0.497 e. The number of hydrogen-bond donors (Lipinski definition) is 2. The van der Waals surface area contributed by atoms with E-state index in [2.05, 4.69) is 15.6 Å². The second-order valence-corrected chi connectivity index (χ2v) is 5.68. The molecule has 6 nitrogen and oxygen atoms in total. The molecule has 0 spiro atoms. The zero-order valence-electron chi connectivity index (χ0n) is 14.4. The third-order valence-corrected chi connectivity index (χ3v) is 3.96. The smallest absolute Gasteiger partial charge is 0.320 e. The molecular formula is C19H19FN4O2. The molecule has 0 radical (unpaired) electrons. The number of halogens is 1. The fraction of sp³-hybridized carbons (Fsp3) is 0.158. The highest BCUT2D eigenvalue weighted by Crippen LogP contribution is 2.23. The maximum Gasteiger partial charge on any atom is 0.320 e. The number of benzene rings is 2. The molecule has 0 aliphatic heterocycles. The van der Waals surface area contributed by atoms with Crippen molar-refractivity contribution in [1.82, 2.24) is 14.9 Å². The highest BCUT2D eigenvalue weighted by atomic mass is 19.1. The van der Waals surface area contributed by atoms with Crippen molar-refractivity contribution in [3.63, 3.8) is 0 Å². The maximum absolute atomic E-state index is 13.8. The van der Waals surface area contributed by atoms with Crippen LogP contribution in [0.2, 0.25) is 0 Å². The maximum atomic E-state index is 13.8. The number of para-hydroxylation sites is 1. The number of hydrogen-bond acceptors (Lipinski definition) is 3. The molecule has 0 bridgehead atoms. The Morgan fingerprint density at radius 1 is 1.19 bits per heavy atom. The quantitative estimate of drug-likeness (QED) is 0.737. The lowest BCUT2D eigenvalue weighted by molar-refractivity contribution is 0.249. The lowest BCUT2D eigenvalue weighted by Gasteiger charge is -2.20. The van der Waals surface area contributed by atoms with Gasteiger partial charge in [-0.15, -0.1) is 0 Å². The van der Waals surface area contributed by atoms with Crippen molar-refractivity contribution in [2.75, 3.05) is 12.4 Å². The summed E-state index contributed by atoms with van der Waals surface area (Å²) in [5.41, 5.74) is 0.933.